The summed E-state index contributed by atoms with van der Waals surface area (Å²) in [6, 6.07) is 5.62. The number of fused-ring (bicyclic) bond motifs is 4. The fraction of sp³-hybridized carbons (Fsp3) is 0.452. The zero-order valence-electron chi connectivity index (χ0n) is 33.3. The molecule has 0 spiro atoms. The fourth-order valence-corrected chi connectivity index (χ4v) is 9.34. The first-order chi connectivity index (χ1) is 29.1. The summed E-state index contributed by atoms with van der Waals surface area (Å²) in [7, 11) is 0. The molecule has 1 unspecified atom stereocenters. The summed E-state index contributed by atoms with van der Waals surface area (Å²) < 4.78 is 37.8. The quantitative estimate of drug-likeness (QED) is 0.175. The van der Waals surface area contributed by atoms with E-state index in [0.717, 1.165) is 52.1 Å². The molecule has 9 rings (SSSR count). The monoisotopic (exact) mass is 822 g/mol. The average Bonchev–Trinajstić information content (AvgIpc) is 3.93. The molecule has 2 aromatic heterocycles. The first kappa shape index (κ1) is 39.3. The van der Waals surface area contributed by atoms with E-state index < -0.39 is 30.2 Å². The standard InChI is InChI=1S/C42H44F2N10O6/c1-3-5-35(39(57)46-22-55)53-40(58)30-15-25-19-51(20-26(25)16-31(30)41(53)59)42-45-18-33(47-48-42)28-14-24-6-4-10-52(36(24)17-29(28)37(43)44)38-32-21-50(23(2)56)11-7-34(32)54(49-38)27-8-12-60-13-9-27/h14-18,22,27,35,37H,3-13,19-21H2,1-2H3,(H,46,55,57). The Morgan fingerprint density at radius 1 is 0.950 bits per heavy atom. The highest BCUT2D eigenvalue weighted by atomic mass is 19.3. The summed E-state index contributed by atoms with van der Waals surface area (Å²) in [5.74, 6) is -1.01. The van der Waals surface area contributed by atoms with E-state index in [1.807, 2.05) is 21.6 Å². The summed E-state index contributed by atoms with van der Waals surface area (Å²) in [6.45, 7) is 6.84. The van der Waals surface area contributed by atoms with Gasteiger partial charge in [0, 0.05) is 80.8 Å². The van der Waals surface area contributed by atoms with Crippen molar-refractivity contribution in [1.82, 2.24) is 40.1 Å². The van der Waals surface area contributed by atoms with Crippen LogP contribution < -0.4 is 15.1 Å². The zero-order valence-corrected chi connectivity index (χ0v) is 33.3. The molecule has 2 aromatic carbocycles. The number of imide groups is 2. The van der Waals surface area contributed by atoms with Crippen molar-refractivity contribution in [3.63, 3.8) is 0 Å². The van der Waals surface area contributed by atoms with E-state index in [9.17, 15) is 24.0 Å². The predicted octanol–water partition coefficient (Wildman–Crippen LogP) is 4.57. The third kappa shape index (κ3) is 6.75. The highest BCUT2D eigenvalue weighted by molar-refractivity contribution is 6.23. The van der Waals surface area contributed by atoms with Crippen LogP contribution in [0.1, 0.15) is 113 Å². The van der Waals surface area contributed by atoms with E-state index >= 15 is 8.78 Å². The van der Waals surface area contributed by atoms with Crippen molar-refractivity contribution in [2.45, 2.75) is 96.9 Å². The van der Waals surface area contributed by atoms with Crippen LogP contribution in [0.15, 0.2) is 30.5 Å². The Morgan fingerprint density at radius 3 is 2.30 bits per heavy atom. The van der Waals surface area contributed by atoms with Gasteiger partial charge >= 0.3 is 0 Å². The molecule has 5 aliphatic rings. The minimum absolute atomic E-state index is 0.0192. The second-order valence-electron chi connectivity index (χ2n) is 15.9. The molecule has 16 nitrogen and oxygen atoms in total. The molecule has 0 aliphatic carbocycles. The number of halogens is 2. The maximum Gasteiger partial charge on any atom is 0.264 e. The number of carbonyl (C=O) groups is 5. The third-order valence-corrected chi connectivity index (χ3v) is 12.4. The van der Waals surface area contributed by atoms with Crippen LogP contribution in [-0.2, 0) is 51.6 Å². The number of benzene rings is 2. The molecule has 18 heteroatoms. The van der Waals surface area contributed by atoms with Gasteiger partial charge in [-0.05, 0) is 73.1 Å². The molecule has 5 amide bonds. The minimum atomic E-state index is -2.83. The number of nitrogens with one attached hydrogen (secondary N) is 1. The molecule has 1 N–H and O–H groups in total. The van der Waals surface area contributed by atoms with Gasteiger partial charge in [-0.15, -0.1) is 10.2 Å². The lowest BCUT2D eigenvalue weighted by atomic mass is 9.93. The van der Waals surface area contributed by atoms with Crippen LogP contribution in [0.3, 0.4) is 0 Å². The van der Waals surface area contributed by atoms with Gasteiger partial charge in [-0.1, -0.05) is 13.3 Å². The molecule has 0 radical (unpaired) electrons. The SMILES string of the molecule is CCCC(C(=O)NC=O)N1C(=O)c2cc3c(cc2C1=O)CN(c1ncc(-c2cc4c(cc2C(F)F)N(c2nn(C5CCOCC5)c5c2CN(C(C)=O)CC5)CCC4)nn1)C3. The van der Waals surface area contributed by atoms with Gasteiger partial charge in [0.15, 0.2) is 5.82 Å². The number of hydrogen-bond acceptors (Lipinski definition) is 12. The Kier molecular flexibility index (Phi) is 10.3. The maximum absolute atomic E-state index is 15.0. The fourth-order valence-electron chi connectivity index (χ4n) is 9.34. The third-order valence-electron chi connectivity index (χ3n) is 12.4. The molecule has 1 atom stereocenters. The highest BCUT2D eigenvalue weighted by Crippen LogP contribution is 2.44. The van der Waals surface area contributed by atoms with Gasteiger partial charge in [-0.2, -0.15) is 5.10 Å². The minimum Gasteiger partial charge on any atom is -0.381 e. The second kappa shape index (κ2) is 15.8. The average molecular weight is 823 g/mol. The molecule has 7 heterocycles. The molecule has 1 saturated heterocycles. The molecule has 4 aromatic rings. The van der Waals surface area contributed by atoms with Crippen molar-refractivity contribution in [2.75, 3.05) is 36.1 Å². The van der Waals surface area contributed by atoms with Crippen LogP contribution in [0.5, 0.6) is 0 Å². The Labute approximate surface area is 343 Å². The van der Waals surface area contributed by atoms with Crippen LogP contribution in [0.4, 0.5) is 26.2 Å². The topological polar surface area (TPSA) is 176 Å². The smallest absolute Gasteiger partial charge is 0.264 e. The van der Waals surface area contributed by atoms with Crippen molar-refractivity contribution in [2.24, 2.45) is 0 Å². The molecular weight excluding hydrogens is 779 g/mol. The molecule has 312 valence electrons. The molecular formula is C42H44F2N10O6. The number of hydrogen-bond donors (Lipinski definition) is 1. The summed E-state index contributed by atoms with van der Waals surface area (Å²) in [4.78, 5) is 74.1. The summed E-state index contributed by atoms with van der Waals surface area (Å²) >= 11 is 0. The van der Waals surface area contributed by atoms with Gasteiger partial charge < -0.3 is 19.4 Å². The number of aromatic nitrogens is 5. The normalized spacial score (nSPS) is 18.1. The van der Waals surface area contributed by atoms with Crippen LogP contribution in [0, 0.1) is 0 Å². The number of ether oxygens (including phenoxy) is 1. The van der Waals surface area contributed by atoms with Crippen LogP contribution in [-0.4, -0.2) is 97.1 Å². The number of nitrogens with zero attached hydrogens (tertiary/aromatic N) is 9. The van der Waals surface area contributed by atoms with Crippen LogP contribution >= 0.6 is 0 Å². The Bertz CT molecular complexity index is 2370. The van der Waals surface area contributed by atoms with Crippen molar-refractivity contribution in [1.29, 1.82) is 0 Å². The van der Waals surface area contributed by atoms with E-state index in [1.165, 1.54) is 12.3 Å². The summed E-state index contributed by atoms with van der Waals surface area (Å²) in [5.41, 5.74) is 5.67. The van der Waals surface area contributed by atoms with Gasteiger partial charge in [0.25, 0.3) is 18.2 Å². The van der Waals surface area contributed by atoms with Crippen LogP contribution in [0.2, 0.25) is 0 Å². The molecule has 60 heavy (non-hydrogen) atoms. The van der Waals surface area contributed by atoms with Gasteiger partial charge in [-0.25, -0.2) is 13.8 Å². The highest BCUT2D eigenvalue weighted by Gasteiger charge is 2.44. The Morgan fingerprint density at radius 2 is 1.67 bits per heavy atom. The Balaban J connectivity index is 0.978. The van der Waals surface area contributed by atoms with Crippen LogP contribution in [0.25, 0.3) is 11.3 Å². The van der Waals surface area contributed by atoms with E-state index in [-0.39, 0.29) is 58.7 Å². The molecule has 1 fully saturated rings. The van der Waals surface area contributed by atoms with Crippen molar-refractivity contribution in [3.05, 3.63) is 75.1 Å². The van der Waals surface area contributed by atoms with E-state index in [4.69, 9.17) is 9.84 Å². The number of amides is 5. The number of alkyl halides is 2. The number of carbonyl (C=O) groups excluding carboxylic acids is 5. The summed E-state index contributed by atoms with van der Waals surface area (Å²) in [6.07, 6.45) is 3.29. The maximum atomic E-state index is 15.0. The lowest BCUT2D eigenvalue weighted by molar-refractivity contribution is -0.130. The number of anilines is 3. The molecule has 5 aliphatic heterocycles. The Hall–Kier alpha value is -6.17. The van der Waals surface area contributed by atoms with E-state index in [0.29, 0.717) is 76.7 Å². The number of rotatable bonds is 10. The van der Waals surface area contributed by atoms with Gasteiger partial charge in [0.05, 0.1) is 29.9 Å². The zero-order chi connectivity index (χ0) is 41.8. The molecule has 0 saturated carbocycles. The lowest BCUT2D eigenvalue weighted by Crippen LogP contribution is -2.49. The first-order valence-corrected chi connectivity index (χ1v) is 20.4. The van der Waals surface area contributed by atoms with Crippen molar-refractivity contribution >= 4 is 47.5 Å². The molecule has 0 bridgehead atoms. The number of aryl methyl sites for hydroxylation is 1. The summed E-state index contributed by atoms with van der Waals surface area (Å²) in [5, 5.41) is 16.0. The van der Waals surface area contributed by atoms with E-state index in [2.05, 4.69) is 25.2 Å². The largest absolute Gasteiger partial charge is 0.381 e. The van der Waals surface area contributed by atoms with Gasteiger partial charge in [0.2, 0.25) is 24.2 Å². The van der Waals surface area contributed by atoms with Crippen molar-refractivity contribution in [3.8, 4) is 11.3 Å². The van der Waals surface area contributed by atoms with E-state index in [1.54, 1.807) is 25.1 Å². The van der Waals surface area contributed by atoms with Gasteiger partial charge in [-0.3, -0.25) is 38.9 Å². The lowest BCUT2D eigenvalue weighted by Gasteiger charge is -2.33. The second-order valence-corrected chi connectivity index (χ2v) is 15.9. The van der Waals surface area contributed by atoms with Gasteiger partial charge in [0.1, 0.15) is 11.7 Å². The first-order valence-electron chi connectivity index (χ1n) is 20.4. The van der Waals surface area contributed by atoms with Crippen molar-refractivity contribution < 1.29 is 37.5 Å². The predicted molar refractivity (Wildman–Crippen MR) is 211 cm³/mol.